The van der Waals surface area contributed by atoms with Crippen molar-refractivity contribution in [2.75, 3.05) is 13.1 Å². The van der Waals surface area contributed by atoms with Gasteiger partial charge >= 0.3 is 0 Å². The van der Waals surface area contributed by atoms with Gasteiger partial charge < -0.3 is 10.1 Å². The molecule has 0 radical (unpaired) electrons. The molecule has 1 fully saturated rings. The zero-order valence-corrected chi connectivity index (χ0v) is 13.5. The van der Waals surface area contributed by atoms with Gasteiger partial charge in [0.25, 0.3) is 0 Å². The van der Waals surface area contributed by atoms with E-state index in [1.54, 1.807) is 18.3 Å². The summed E-state index contributed by atoms with van der Waals surface area (Å²) in [6.07, 6.45) is 3.69. The first-order chi connectivity index (χ1) is 10.3. The summed E-state index contributed by atoms with van der Waals surface area (Å²) in [6, 6.07) is 8.36. The second-order valence-corrected chi connectivity index (χ2v) is 5.48. The third-order valence-electron chi connectivity index (χ3n) is 3.70. The molecule has 118 valence electrons. The van der Waals surface area contributed by atoms with Gasteiger partial charge in [0.2, 0.25) is 5.88 Å². The standard InChI is InChI=1S/C16H16ClFN2O.ClH/c17-13-4-1-5-14(18)15(13)21-16-12(3-2-8-20-16)11-6-9-19-10-7-11;/h1-5,8,11,19H,6-7,9-10H2;1H. The Morgan fingerprint density at radius 2 is 1.95 bits per heavy atom. The summed E-state index contributed by atoms with van der Waals surface area (Å²) in [5.74, 6) is 0.370. The smallest absolute Gasteiger partial charge is 0.222 e. The molecule has 3 rings (SSSR count). The zero-order valence-electron chi connectivity index (χ0n) is 11.9. The summed E-state index contributed by atoms with van der Waals surface area (Å²) in [5.41, 5.74) is 1.01. The Morgan fingerprint density at radius 3 is 2.68 bits per heavy atom. The molecule has 6 heteroatoms. The quantitative estimate of drug-likeness (QED) is 0.887. The van der Waals surface area contributed by atoms with E-state index in [4.69, 9.17) is 16.3 Å². The lowest BCUT2D eigenvalue weighted by molar-refractivity contribution is 0.401. The molecule has 0 atom stereocenters. The highest BCUT2D eigenvalue weighted by atomic mass is 35.5. The number of para-hydroxylation sites is 1. The lowest BCUT2D eigenvalue weighted by Crippen LogP contribution is -2.26. The monoisotopic (exact) mass is 342 g/mol. The van der Waals surface area contributed by atoms with Crippen molar-refractivity contribution in [1.29, 1.82) is 0 Å². The van der Waals surface area contributed by atoms with Crippen molar-refractivity contribution in [2.45, 2.75) is 18.8 Å². The fourth-order valence-electron chi connectivity index (χ4n) is 2.61. The molecule has 1 aromatic heterocycles. The highest BCUT2D eigenvalue weighted by Gasteiger charge is 2.21. The molecule has 22 heavy (non-hydrogen) atoms. The minimum Gasteiger partial charge on any atom is -0.434 e. The van der Waals surface area contributed by atoms with Crippen LogP contribution >= 0.6 is 24.0 Å². The zero-order chi connectivity index (χ0) is 14.7. The van der Waals surface area contributed by atoms with Crippen LogP contribution in [0.2, 0.25) is 5.02 Å². The van der Waals surface area contributed by atoms with E-state index in [1.165, 1.54) is 6.07 Å². The molecule has 0 bridgehead atoms. The van der Waals surface area contributed by atoms with Crippen molar-refractivity contribution in [2.24, 2.45) is 0 Å². The van der Waals surface area contributed by atoms with Gasteiger partial charge in [-0.15, -0.1) is 12.4 Å². The van der Waals surface area contributed by atoms with Gasteiger partial charge in [-0.25, -0.2) is 9.37 Å². The minimum absolute atomic E-state index is 0. The molecule has 0 aliphatic carbocycles. The number of nitrogens with zero attached hydrogens (tertiary/aromatic N) is 1. The molecule has 0 spiro atoms. The van der Waals surface area contributed by atoms with Crippen LogP contribution in [0.3, 0.4) is 0 Å². The maximum absolute atomic E-state index is 13.9. The van der Waals surface area contributed by atoms with Gasteiger partial charge in [-0.2, -0.15) is 0 Å². The number of benzene rings is 1. The molecule has 1 aliphatic rings. The molecule has 2 heterocycles. The van der Waals surface area contributed by atoms with Gasteiger partial charge in [0.05, 0.1) is 5.02 Å². The first kappa shape index (κ1) is 17.0. The molecule has 2 aromatic rings. The van der Waals surface area contributed by atoms with Gasteiger partial charge in [0, 0.05) is 11.8 Å². The van der Waals surface area contributed by atoms with Gasteiger partial charge in [-0.05, 0) is 50.0 Å². The molecule has 1 saturated heterocycles. The van der Waals surface area contributed by atoms with Crippen LogP contribution in [-0.4, -0.2) is 18.1 Å². The van der Waals surface area contributed by atoms with E-state index in [0.29, 0.717) is 11.8 Å². The van der Waals surface area contributed by atoms with E-state index in [0.717, 1.165) is 31.5 Å². The van der Waals surface area contributed by atoms with Crippen molar-refractivity contribution >= 4 is 24.0 Å². The van der Waals surface area contributed by atoms with Crippen LogP contribution in [0.5, 0.6) is 11.6 Å². The number of halogens is 3. The molecule has 3 nitrogen and oxygen atoms in total. The van der Waals surface area contributed by atoms with E-state index >= 15 is 0 Å². The van der Waals surface area contributed by atoms with Crippen LogP contribution < -0.4 is 10.1 Å². The Morgan fingerprint density at radius 1 is 1.18 bits per heavy atom. The van der Waals surface area contributed by atoms with Crippen LogP contribution in [0, 0.1) is 5.82 Å². The maximum atomic E-state index is 13.9. The second-order valence-electron chi connectivity index (χ2n) is 5.07. The van der Waals surface area contributed by atoms with E-state index in [-0.39, 0.29) is 23.2 Å². The molecular weight excluding hydrogens is 326 g/mol. The SMILES string of the molecule is Cl.Fc1cccc(Cl)c1Oc1ncccc1C1CCNCC1. The Labute approximate surface area is 140 Å². The Kier molecular flexibility index (Phi) is 6.00. The Balaban J connectivity index is 0.00000176. The van der Waals surface area contributed by atoms with Gasteiger partial charge in [0.1, 0.15) is 0 Å². The summed E-state index contributed by atoms with van der Waals surface area (Å²) in [4.78, 5) is 4.26. The predicted molar refractivity (Wildman–Crippen MR) is 87.8 cm³/mol. The average molecular weight is 343 g/mol. The molecule has 1 aromatic carbocycles. The minimum atomic E-state index is -0.482. The fourth-order valence-corrected chi connectivity index (χ4v) is 2.81. The van der Waals surface area contributed by atoms with Crippen LogP contribution in [-0.2, 0) is 0 Å². The lowest BCUT2D eigenvalue weighted by Gasteiger charge is -2.24. The van der Waals surface area contributed by atoms with E-state index in [2.05, 4.69) is 10.3 Å². The van der Waals surface area contributed by atoms with Crippen molar-refractivity contribution in [3.63, 3.8) is 0 Å². The summed E-state index contributed by atoms with van der Waals surface area (Å²) in [6.45, 7) is 1.94. The number of ether oxygens (including phenoxy) is 1. The number of rotatable bonds is 3. The summed E-state index contributed by atoms with van der Waals surface area (Å²) < 4.78 is 19.5. The van der Waals surface area contributed by atoms with Gasteiger partial charge in [-0.3, -0.25) is 0 Å². The van der Waals surface area contributed by atoms with Crippen LogP contribution in [0.15, 0.2) is 36.5 Å². The largest absolute Gasteiger partial charge is 0.434 e. The van der Waals surface area contributed by atoms with E-state index < -0.39 is 5.82 Å². The lowest BCUT2D eigenvalue weighted by atomic mass is 9.91. The first-order valence-corrected chi connectivity index (χ1v) is 7.41. The third kappa shape index (κ3) is 3.69. The summed E-state index contributed by atoms with van der Waals surface area (Å²) >= 11 is 6.01. The summed E-state index contributed by atoms with van der Waals surface area (Å²) in [7, 11) is 0. The first-order valence-electron chi connectivity index (χ1n) is 7.03. The normalized spacial score (nSPS) is 15.2. The average Bonchev–Trinajstić information content (AvgIpc) is 2.52. The van der Waals surface area contributed by atoms with Crippen molar-refractivity contribution < 1.29 is 9.13 Å². The van der Waals surface area contributed by atoms with Crippen LogP contribution in [0.25, 0.3) is 0 Å². The van der Waals surface area contributed by atoms with E-state index in [9.17, 15) is 4.39 Å². The highest BCUT2D eigenvalue weighted by Crippen LogP contribution is 2.36. The Hall–Kier alpha value is -1.36. The highest BCUT2D eigenvalue weighted by molar-refractivity contribution is 6.32. The van der Waals surface area contributed by atoms with Crippen LogP contribution in [0.4, 0.5) is 4.39 Å². The predicted octanol–water partition coefficient (Wildman–Crippen LogP) is 4.56. The number of aromatic nitrogens is 1. The van der Waals surface area contributed by atoms with Crippen molar-refractivity contribution in [3.8, 4) is 11.6 Å². The Bertz CT molecular complexity index is 613. The molecule has 0 saturated carbocycles. The molecular formula is C16H17Cl2FN2O. The third-order valence-corrected chi connectivity index (χ3v) is 3.99. The molecule has 1 aliphatic heterocycles. The molecule has 0 amide bonds. The van der Waals surface area contributed by atoms with Crippen molar-refractivity contribution in [3.05, 3.63) is 52.9 Å². The van der Waals surface area contributed by atoms with Crippen molar-refractivity contribution in [1.82, 2.24) is 10.3 Å². The summed E-state index contributed by atoms with van der Waals surface area (Å²) in [5, 5.41) is 3.58. The molecule has 0 unspecified atom stereocenters. The fraction of sp³-hybridized carbons (Fsp3) is 0.312. The molecule has 1 N–H and O–H groups in total. The number of hydrogen-bond acceptors (Lipinski definition) is 3. The maximum Gasteiger partial charge on any atom is 0.222 e. The second kappa shape index (κ2) is 7.77. The van der Waals surface area contributed by atoms with E-state index in [1.807, 2.05) is 12.1 Å². The van der Waals surface area contributed by atoms with Crippen LogP contribution in [0.1, 0.15) is 24.3 Å². The topological polar surface area (TPSA) is 34.1 Å². The van der Waals surface area contributed by atoms with Gasteiger partial charge in [-0.1, -0.05) is 23.7 Å². The number of piperidine rings is 1. The number of pyridine rings is 1. The number of hydrogen-bond donors (Lipinski definition) is 1. The van der Waals surface area contributed by atoms with Gasteiger partial charge in [0.15, 0.2) is 11.6 Å². The number of nitrogens with one attached hydrogen (secondary N) is 1.